The van der Waals surface area contributed by atoms with Crippen molar-refractivity contribution in [2.75, 3.05) is 6.54 Å². The van der Waals surface area contributed by atoms with Gasteiger partial charge in [-0.25, -0.2) is 4.79 Å². The second-order valence-corrected chi connectivity index (χ2v) is 7.67. The highest BCUT2D eigenvalue weighted by atomic mass is 79.9. The number of carboxylic acid groups (broad SMARTS) is 1. The third-order valence-corrected chi connectivity index (χ3v) is 4.86. The molecule has 0 unspecified atom stereocenters. The summed E-state index contributed by atoms with van der Waals surface area (Å²) in [6, 6.07) is 0. The standard InChI is InChI=1S/C9H17NO3.C2H5.BrH.Mg/c1-3-8(11)5-4-7(2)6-10-9(12)13;1-2;;/h7,10H,3-6H2,1-2H3,(H,12,13);1H2,2H3;1H;/q;;;+1/p-1/t7-;;;/m0.../s1. The average Bonchev–Trinajstić information content (AvgIpc) is 2.33. The van der Waals surface area contributed by atoms with E-state index >= 15 is 0 Å². The fourth-order valence-electron chi connectivity index (χ4n) is 0.948. The Hall–Kier alpha value is 0.186. The Labute approximate surface area is 120 Å². The lowest BCUT2D eigenvalue weighted by molar-refractivity contribution is -0.119. The number of hydrogen-bond acceptors (Lipinski definition) is 2. The van der Waals surface area contributed by atoms with E-state index in [9.17, 15) is 9.59 Å². The molecular weight excluding hydrogens is 298 g/mol. The van der Waals surface area contributed by atoms with Gasteiger partial charge >= 0.3 is 24.3 Å². The largest absolute Gasteiger partial charge is 0.468 e. The lowest BCUT2D eigenvalue weighted by Crippen LogP contribution is -2.26. The van der Waals surface area contributed by atoms with Crippen LogP contribution in [0.15, 0.2) is 0 Å². The normalized spacial score (nSPS) is 10.6. The molecule has 0 heterocycles. The molecule has 0 radical (unpaired) electrons. The van der Waals surface area contributed by atoms with Gasteiger partial charge in [-0.15, -0.1) is 4.55 Å². The summed E-state index contributed by atoms with van der Waals surface area (Å²) in [6.45, 7) is 6.38. The number of rotatable bonds is 7. The van der Waals surface area contributed by atoms with Crippen LogP contribution in [-0.2, 0) is 4.79 Å². The van der Waals surface area contributed by atoms with Gasteiger partial charge in [0.15, 0.2) is 0 Å². The molecule has 1 atom stereocenters. The van der Waals surface area contributed by atoms with Crippen LogP contribution in [0.4, 0.5) is 4.79 Å². The van der Waals surface area contributed by atoms with E-state index in [1.807, 2.05) is 13.8 Å². The molecule has 17 heavy (non-hydrogen) atoms. The predicted octanol–water partition coefficient (Wildman–Crippen LogP) is 3.09. The summed E-state index contributed by atoms with van der Waals surface area (Å²) < 4.78 is 1.38. The number of ketones is 1. The van der Waals surface area contributed by atoms with Crippen molar-refractivity contribution < 1.29 is 14.7 Å². The van der Waals surface area contributed by atoms with Gasteiger partial charge in [0.05, 0.1) is 0 Å². The first-order chi connectivity index (χ1) is 7.97. The molecule has 0 saturated carbocycles. The molecule has 1 amide bonds. The van der Waals surface area contributed by atoms with E-state index in [4.69, 9.17) is 5.11 Å². The van der Waals surface area contributed by atoms with Gasteiger partial charge in [0.2, 0.25) is 0 Å². The smallest absolute Gasteiger partial charge is 0.465 e. The van der Waals surface area contributed by atoms with Crippen molar-refractivity contribution in [2.24, 2.45) is 5.92 Å². The molecule has 4 nitrogen and oxygen atoms in total. The van der Waals surface area contributed by atoms with Gasteiger partial charge in [0, 0.05) is 19.4 Å². The fourth-order valence-corrected chi connectivity index (χ4v) is 0.948. The fraction of sp³-hybridized carbons (Fsp3) is 0.818. The first-order valence-electron chi connectivity index (χ1n) is 6.02. The van der Waals surface area contributed by atoms with Gasteiger partial charge in [-0.2, -0.15) is 0 Å². The molecule has 0 saturated heterocycles. The quantitative estimate of drug-likeness (QED) is 0.708. The Morgan fingerprint density at radius 1 is 1.41 bits per heavy atom. The number of carbonyl (C=O) groups excluding carboxylic acids is 1. The Kier molecular flexibility index (Phi) is 16.4. The molecular formula is C11H22BrMgNO3. The van der Waals surface area contributed by atoms with E-state index in [1.54, 1.807) is 0 Å². The predicted molar refractivity (Wildman–Crippen MR) is 74.9 cm³/mol. The number of carbonyl (C=O) groups is 2. The van der Waals surface area contributed by atoms with Crippen molar-refractivity contribution >= 4 is 43.0 Å². The summed E-state index contributed by atoms with van der Waals surface area (Å²) in [6.07, 6.45) is 0.874. The summed E-state index contributed by atoms with van der Waals surface area (Å²) in [5.74, 6) is 0.466. The van der Waals surface area contributed by atoms with E-state index < -0.39 is 6.09 Å². The Morgan fingerprint density at radius 3 is 2.29 bits per heavy atom. The van der Waals surface area contributed by atoms with Crippen LogP contribution >= 0.6 is 12.9 Å². The van der Waals surface area contributed by atoms with Crippen LogP contribution in [0.3, 0.4) is 0 Å². The Bertz CT molecular complexity index is 213. The van der Waals surface area contributed by atoms with Gasteiger partial charge in [0.1, 0.15) is 5.78 Å². The monoisotopic (exact) mass is 319 g/mol. The molecule has 2 N–H and O–H groups in total. The number of Topliss-reactive ketones (excluding diaryl/α,β-unsaturated/α-hetero) is 1. The molecule has 0 aliphatic rings. The minimum absolute atomic E-state index is 0.228. The van der Waals surface area contributed by atoms with Crippen molar-refractivity contribution in [3.05, 3.63) is 0 Å². The zero-order valence-corrected chi connectivity index (χ0v) is 14.0. The third-order valence-electron chi connectivity index (χ3n) is 2.10. The second kappa shape index (κ2) is 14.2. The lowest BCUT2D eigenvalue weighted by Gasteiger charge is -2.09. The van der Waals surface area contributed by atoms with Crippen molar-refractivity contribution in [3.8, 4) is 0 Å². The van der Waals surface area contributed by atoms with E-state index in [1.165, 1.54) is 4.55 Å². The van der Waals surface area contributed by atoms with Crippen molar-refractivity contribution in [3.63, 3.8) is 0 Å². The Balaban J connectivity index is 0. The maximum absolute atomic E-state index is 10.9. The molecule has 6 heteroatoms. The topological polar surface area (TPSA) is 66.4 Å². The van der Waals surface area contributed by atoms with Crippen LogP contribution in [0, 0.1) is 5.92 Å². The zero-order valence-electron chi connectivity index (χ0n) is 11.0. The van der Waals surface area contributed by atoms with Gasteiger partial charge in [-0.3, -0.25) is 4.79 Å². The average molecular weight is 321 g/mol. The molecule has 0 rings (SSSR count). The molecule has 0 aromatic rings. The van der Waals surface area contributed by atoms with Crippen LogP contribution in [0.1, 0.15) is 40.0 Å². The maximum Gasteiger partial charge on any atom is 0.468 e. The molecule has 0 spiro atoms. The summed E-state index contributed by atoms with van der Waals surface area (Å²) in [5.41, 5.74) is 0. The molecule has 0 aromatic heterocycles. The lowest BCUT2D eigenvalue weighted by atomic mass is 10.0. The van der Waals surface area contributed by atoms with Crippen LogP contribution in [-0.4, -0.2) is 41.7 Å². The van der Waals surface area contributed by atoms with Crippen molar-refractivity contribution in [1.82, 2.24) is 5.32 Å². The molecule has 0 aliphatic heterocycles. The van der Waals surface area contributed by atoms with Crippen LogP contribution in [0.25, 0.3) is 0 Å². The van der Waals surface area contributed by atoms with Gasteiger partial charge in [-0.1, -0.05) is 20.8 Å². The van der Waals surface area contributed by atoms with Crippen molar-refractivity contribution in [2.45, 2.75) is 44.6 Å². The first-order valence-corrected chi connectivity index (χ1v) is 10.9. The summed E-state index contributed by atoms with van der Waals surface area (Å²) in [7, 11) is 0. The summed E-state index contributed by atoms with van der Waals surface area (Å²) >= 11 is 3.62. The van der Waals surface area contributed by atoms with E-state index in [0.29, 0.717) is 19.4 Å². The highest BCUT2D eigenvalue weighted by Crippen LogP contribution is 2.05. The highest BCUT2D eigenvalue weighted by molar-refractivity contribution is 9.23. The molecule has 98 valence electrons. The van der Waals surface area contributed by atoms with E-state index in [0.717, 1.165) is 6.42 Å². The molecule has 0 aliphatic carbocycles. The SMILES string of the molecule is CCC(=O)CC[C@H](C)CNC(=O)O.C[CH2][Mg][Br]. The molecule has 0 bridgehead atoms. The first kappa shape index (κ1) is 19.5. The van der Waals surface area contributed by atoms with Crippen LogP contribution in [0.2, 0.25) is 4.55 Å². The number of amides is 1. The van der Waals surface area contributed by atoms with Gasteiger partial charge in [-0.05, 0) is 12.3 Å². The number of hydrogen-bond donors (Lipinski definition) is 2. The highest BCUT2D eigenvalue weighted by Gasteiger charge is 2.06. The van der Waals surface area contributed by atoms with Gasteiger partial charge < -0.3 is 23.3 Å². The van der Waals surface area contributed by atoms with Crippen LogP contribution < -0.4 is 5.32 Å². The Morgan fingerprint density at radius 2 is 1.94 bits per heavy atom. The minimum atomic E-state index is -1.01. The van der Waals surface area contributed by atoms with E-state index in [-0.39, 0.29) is 29.9 Å². The van der Waals surface area contributed by atoms with E-state index in [2.05, 4.69) is 25.1 Å². The van der Waals surface area contributed by atoms with Crippen LogP contribution in [0.5, 0.6) is 0 Å². The molecule has 0 aromatic carbocycles. The minimum Gasteiger partial charge on any atom is -0.465 e. The second-order valence-electron chi connectivity index (χ2n) is 3.91. The maximum atomic E-state index is 10.9. The van der Waals surface area contributed by atoms with Crippen molar-refractivity contribution in [1.29, 1.82) is 0 Å². The number of nitrogens with one attached hydrogen (secondary N) is 1. The third kappa shape index (κ3) is 18.7. The zero-order chi connectivity index (χ0) is 13.7. The summed E-state index contributed by atoms with van der Waals surface area (Å²) in [4.78, 5) is 21.0. The molecule has 0 fully saturated rings. The van der Waals surface area contributed by atoms with Gasteiger partial charge in [0.25, 0.3) is 0 Å². The summed E-state index contributed by atoms with van der Waals surface area (Å²) in [5, 5.41) is 10.6. The number of halogens is 1.